The Balaban J connectivity index is 1.86. The predicted octanol–water partition coefficient (Wildman–Crippen LogP) is 3.84. The van der Waals surface area contributed by atoms with Crippen molar-refractivity contribution in [3.05, 3.63) is 23.0 Å². The van der Waals surface area contributed by atoms with Crippen LogP contribution in [-0.4, -0.2) is 17.7 Å². The zero-order valence-electron chi connectivity index (χ0n) is 14.5. The number of ether oxygens (including phenoxy) is 1. The Hall–Kier alpha value is -1.38. The summed E-state index contributed by atoms with van der Waals surface area (Å²) in [6.07, 6.45) is 6.68. The predicted molar refractivity (Wildman–Crippen MR) is 87.6 cm³/mol. The third-order valence-electron chi connectivity index (χ3n) is 7.24. The standard InChI is InChI=1S/C20H26O3/c1-11-7-12-17(14(11)9-21)20(4)6-5-16-13(8-20)15(18(12)22)10-23-19(16,2)3/h9-10,12-13,16-17H,5-8H2,1-4H3/t12-,13+,16?,17+,20-/m0/s1. The molecule has 0 amide bonds. The van der Waals surface area contributed by atoms with Crippen molar-refractivity contribution < 1.29 is 14.3 Å². The van der Waals surface area contributed by atoms with Crippen molar-refractivity contribution in [3.63, 3.8) is 0 Å². The molecule has 3 nitrogen and oxygen atoms in total. The first-order valence-electron chi connectivity index (χ1n) is 8.85. The van der Waals surface area contributed by atoms with E-state index in [1.54, 1.807) is 6.26 Å². The average Bonchev–Trinajstić information content (AvgIpc) is 2.80. The minimum absolute atomic E-state index is 0.0541. The van der Waals surface area contributed by atoms with Crippen molar-refractivity contribution in [2.75, 3.05) is 0 Å². The maximum atomic E-state index is 13.2. The molecule has 3 aliphatic carbocycles. The normalized spacial score (nSPS) is 44.2. The van der Waals surface area contributed by atoms with Gasteiger partial charge >= 0.3 is 0 Å². The number of hydrogen-bond acceptors (Lipinski definition) is 3. The Morgan fingerprint density at radius 3 is 2.70 bits per heavy atom. The van der Waals surface area contributed by atoms with E-state index in [2.05, 4.69) is 20.8 Å². The quantitative estimate of drug-likeness (QED) is 0.691. The zero-order chi connectivity index (χ0) is 16.6. The molecule has 0 aromatic carbocycles. The molecule has 2 saturated carbocycles. The van der Waals surface area contributed by atoms with Crippen LogP contribution < -0.4 is 0 Å². The second-order valence-corrected chi connectivity index (χ2v) is 8.91. The van der Waals surface area contributed by atoms with Crippen LogP contribution in [-0.2, 0) is 14.3 Å². The topological polar surface area (TPSA) is 43.4 Å². The fourth-order valence-electron chi connectivity index (χ4n) is 6.05. The molecule has 1 heterocycles. The summed E-state index contributed by atoms with van der Waals surface area (Å²) in [4.78, 5) is 25.0. The Morgan fingerprint density at radius 2 is 2.00 bits per heavy atom. The Bertz CT molecular complexity index is 654. The van der Waals surface area contributed by atoms with E-state index in [1.165, 1.54) is 0 Å². The largest absolute Gasteiger partial charge is 0.495 e. The molecule has 1 aliphatic heterocycles. The summed E-state index contributed by atoms with van der Waals surface area (Å²) in [5.74, 6) is 0.984. The van der Waals surface area contributed by atoms with Crippen molar-refractivity contribution in [2.24, 2.45) is 29.1 Å². The van der Waals surface area contributed by atoms with Gasteiger partial charge in [-0.05, 0) is 63.4 Å². The fraction of sp³-hybridized carbons (Fsp3) is 0.700. The van der Waals surface area contributed by atoms with E-state index in [1.807, 2.05) is 6.92 Å². The Labute approximate surface area is 138 Å². The summed E-state index contributed by atoms with van der Waals surface area (Å²) in [5, 5.41) is 0. The second kappa shape index (κ2) is 4.58. The van der Waals surface area contributed by atoms with E-state index in [0.717, 1.165) is 48.7 Å². The van der Waals surface area contributed by atoms with Crippen molar-refractivity contribution in [2.45, 2.75) is 59.0 Å². The van der Waals surface area contributed by atoms with Gasteiger partial charge in [-0.2, -0.15) is 0 Å². The monoisotopic (exact) mass is 314 g/mol. The minimum atomic E-state index is -0.200. The summed E-state index contributed by atoms with van der Waals surface area (Å²) in [6.45, 7) is 8.62. The number of aldehydes is 1. The highest BCUT2D eigenvalue weighted by molar-refractivity contribution is 6.00. The number of carbonyl (C=O) groups is 2. The Kier molecular flexibility index (Phi) is 3.02. The zero-order valence-corrected chi connectivity index (χ0v) is 14.5. The number of Topliss-reactive ketones (excluding diaryl/α,β-unsaturated/α-hetero) is 1. The molecule has 3 heteroatoms. The van der Waals surface area contributed by atoms with Crippen LogP contribution >= 0.6 is 0 Å². The van der Waals surface area contributed by atoms with Crippen LogP contribution in [0.3, 0.4) is 0 Å². The van der Waals surface area contributed by atoms with Crippen molar-refractivity contribution in [1.29, 1.82) is 0 Å². The summed E-state index contributed by atoms with van der Waals surface area (Å²) >= 11 is 0. The van der Waals surface area contributed by atoms with E-state index in [-0.39, 0.29) is 28.6 Å². The first-order valence-corrected chi connectivity index (χ1v) is 8.85. The van der Waals surface area contributed by atoms with Gasteiger partial charge in [0.1, 0.15) is 11.9 Å². The molecule has 2 fully saturated rings. The molecule has 2 bridgehead atoms. The van der Waals surface area contributed by atoms with Gasteiger partial charge in [-0.1, -0.05) is 12.5 Å². The highest BCUT2D eigenvalue weighted by Crippen LogP contribution is 2.62. The van der Waals surface area contributed by atoms with E-state index in [0.29, 0.717) is 11.8 Å². The van der Waals surface area contributed by atoms with Gasteiger partial charge in [0.25, 0.3) is 0 Å². The molecule has 0 radical (unpaired) electrons. The van der Waals surface area contributed by atoms with Gasteiger partial charge in [0.2, 0.25) is 0 Å². The number of hydrogen-bond donors (Lipinski definition) is 0. The molecule has 0 saturated heterocycles. The molecule has 4 rings (SSSR count). The first kappa shape index (κ1) is 15.2. The van der Waals surface area contributed by atoms with Gasteiger partial charge in [-0.25, -0.2) is 0 Å². The highest BCUT2D eigenvalue weighted by Gasteiger charge is 2.59. The highest BCUT2D eigenvalue weighted by atomic mass is 16.5. The molecular weight excluding hydrogens is 288 g/mol. The van der Waals surface area contributed by atoms with Crippen LogP contribution in [0.5, 0.6) is 0 Å². The molecule has 4 aliphatic rings. The molecule has 124 valence electrons. The summed E-state index contributed by atoms with van der Waals surface area (Å²) in [7, 11) is 0. The van der Waals surface area contributed by atoms with Gasteiger partial charge in [-0.15, -0.1) is 0 Å². The summed E-state index contributed by atoms with van der Waals surface area (Å²) in [5.41, 5.74) is 2.77. The third-order valence-corrected chi connectivity index (χ3v) is 7.24. The molecule has 5 atom stereocenters. The van der Waals surface area contributed by atoms with Crippen molar-refractivity contribution in [1.82, 2.24) is 0 Å². The molecular formula is C20H26O3. The van der Waals surface area contributed by atoms with E-state index in [9.17, 15) is 9.59 Å². The lowest BCUT2D eigenvalue weighted by Crippen LogP contribution is -2.47. The van der Waals surface area contributed by atoms with Gasteiger partial charge in [-0.3, -0.25) is 9.59 Å². The number of rotatable bonds is 1. The lowest BCUT2D eigenvalue weighted by atomic mass is 9.57. The summed E-state index contributed by atoms with van der Waals surface area (Å²) < 4.78 is 5.98. The molecule has 0 aromatic rings. The second-order valence-electron chi connectivity index (χ2n) is 8.91. The molecule has 0 aromatic heterocycles. The lowest BCUT2D eigenvalue weighted by molar-refractivity contribution is -0.122. The van der Waals surface area contributed by atoms with Crippen LogP contribution in [0.25, 0.3) is 0 Å². The van der Waals surface area contributed by atoms with Crippen LogP contribution in [0, 0.1) is 29.1 Å². The molecule has 0 N–H and O–H groups in total. The van der Waals surface area contributed by atoms with Crippen LogP contribution in [0.15, 0.2) is 23.0 Å². The smallest absolute Gasteiger partial charge is 0.166 e. The molecule has 0 spiro atoms. The van der Waals surface area contributed by atoms with Gasteiger partial charge in [0.05, 0.1) is 6.26 Å². The summed E-state index contributed by atoms with van der Waals surface area (Å²) in [6, 6.07) is 0. The van der Waals surface area contributed by atoms with Gasteiger partial charge in [0, 0.05) is 23.3 Å². The molecule has 1 unspecified atom stereocenters. The first-order chi connectivity index (χ1) is 10.8. The Morgan fingerprint density at radius 1 is 1.26 bits per heavy atom. The third kappa shape index (κ3) is 1.88. The lowest BCUT2D eigenvalue weighted by Gasteiger charge is -2.51. The van der Waals surface area contributed by atoms with E-state index in [4.69, 9.17) is 4.74 Å². The van der Waals surface area contributed by atoms with Crippen LogP contribution in [0.2, 0.25) is 0 Å². The number of carbonyl (C=O) groups excluding carboxylic acids is 2. The van der Waals surface area contributed by atoms with E-state index >= 15 is 0 Å². The van der Waals surface area contributed by atoms with Crippen LogP contribution in [0.4, 0.5) is 0 Å². The van der Waals surface area contributed by atoms with Crippen LogP contribution in [0.1, 0.15) is 53.4 Å². The number of allylic oxidation sites excluding steroid dienone is 3. The maximum absolute atomic E-state index is 13.2. The minimum Gasteiger partial charge on any atom is -0.495 e. The van der Waals surface area contributed by atoms with Crippen molar-refractivity contribution in [3.8, 4) is 0 Å². The number of ketones is 1. The average molecular weight is 314 g/mol. The fourth-order valence-corrected chi connectivity index (χ4v) is 6.05. The maximum Gasteiger partial charge on any atom is 0.166 e. The van der Waals surface area contributed by atoms with Gasteiger partial charge < -0.3 is 4.74 Å². The van der Waals surface area contributed by atoms with E-state index < -0.39 is 0 Å². The SMILES string of the molecule is CC1=C(C=O)[C@H]2[C@H](C1)C(=O)C1=COC(C)(C)C3CC[C@@]2(C)C[C@H]13. The van der Waals surface area contributed by atoms with Gasteiger partial charge in [0.15, 0.2) is 5.78 Å². The van der Waals surface area contributed by atoms with Crippen molar-refractivity contribution >= 4 is 12.1 Å². The number of fused-ring (bicyclic) bond motifs is 3. The molecule has 23 heavy (non-hydrogen) atoms.